The maximum Gasteiger partial charge on any atom is 0.321 e. The molecule has 2 amide bonds. The maximum atomic E-state index is 12.2. The summed E-state index contributed by atoms with van der Waals surface area (Å²) in [5.74, 6) is 2.19. The first-order valence-electron chi connectivity index (χ1n) is 9.94. The Morgan fingerprint density at radius 1 is 1.16 bits per heavy atom. The number of fused-ring (bicyclic) bond motifs is 1. The number of hydrogen-bond donors (Lipinski definition) is 2. The van der Waals surface area contributed by atoms with Crippen molar-refractivity contribution in [2.24, 2.45) is 0 Å². The number of nitrogens with zero attached hydrogens (tertiary/aromatic N) is 3. The van der Waals surface area contributed by atoms with Gasteiger partial charge in [-0.15, -0.1) is 0 Å². The fraction of sp³-hybridized carbons (Fsp3) is 0.273. The van der Waals surface area contributed by atoms with Crippen LogP contribution in [0.2, 0.25) is 0 Å². The maximum absolute atomic E-state index is 12.2. The van der Waals surface area contributed by atoms with Gasteiger partial charge in [0.1, 0.15) is 5.75 Å². The van der Waals surface area contributed by atoms with Crippen molar-refractivity contribution in [3.8, 4) is 16.9 Å². The normalized spacial score (nSPS) is 11.1. The van der Waals surface area contributed by atoms with Crippen molar-refractivity contribution < 1.29 is 14.1 Å². The summed E-state index contributed by atoms with van der Waals surface area (Å²) in [6.07, 6.45) is 0.469. The molecule has 0 unspecified atom stereocenters. The summed E-state index contributed by atoms with van der Waals surface area (Å²) in [6.45, 7) is 4.38. The SMILES string of the molecule is COc1cccc(-c2ccc3nc(NC(=O)NCCc4nc(C(C)C)no4)sc3c2)c1. The minimum atomic E-state index is -0.323. The molecule has 9 heteroatoms. The van der Waals surface area contributed by atoms with Crippen LogP contribution in [0.1, 0.15) is 31.5 Å². The van der Waals surface area contributed by atoms with Crippen molar-refractivity contribution in [2.45, 2.75) is 26.2 Å². The van der Waals surface area contributed by atoms with E-state index >= 15 is 0 Å². The number of nitrogens with one attached hydrogen (secondary N) is 2. The standard InChI is InChI=1S/C22H23N5O3S/c1-13(2)20-25-19(30-27-20)9-10-23-21(28)26-22-24-17-8-7-15(12-18(17)31-22)14-5-4-6-16(11-14)29-3/h4-8,11-13H,9-10H2,1-3H3,(H2,23,24,26,28). The Bertz CT molecular complexity index is 1200. The van der Waals surface area contributed by atoms with E-state index in [4.69, 9.17) is 9.26 Å². The van der Waals surface area contributed by atoms with E-state index in [2.05, 4.69) is 31.8 Å². The van der Waals surface area contributed by atoms with E-state index < -0.39 is 0 Å². The van der Waals surface area contributed by atoms with Crippen LogP contribution in [0.5, 0.6) is 5.75 Å². The van der Waals surface area contributed by atoms with Gasteiger partial charge in [-0.3, -0.25) is 5.32 Å². The van der Waals surface area contributed by atoms with E-state index in [0.717, 1.165) is 27.1 Å². The van der Waals surface area contributed by atoms with Crippen LogP contribution in [0.3, 0.4) is 0 Å². The van der Waals surface area contributed by atoms with Crippen LogP contribution < -0.4 is 15.4 Å². The summed E-state index contributed by atoms with van der Waals surface area (Å²) in [5.41, 5.74) is 2.95. The zero-order valence-electron chi connectivity index (χ0n) is 17.5. The lowest BCUT2D eigenvalue weighted by molar-refractivity contribution is 0.252. The largest absolute Gasteiger partial charge is 0.497 e. The van der Waals surface area contributed by atoms with Gasteiger partial charge in [-0.2, -0.15) is 4.98 Å². The minimum absolute atomic E-state index is 0.206. The van der Waals surface area contributed by atoms with Crippen LogP contribution in [-0.2, 0) is 6.42 Å². The molecule has 31 heavy (non-hydrogen) atoms. The Balaban J connectivity index is 1.37. The summed E-state index contributed by atoms with van der Waals surface area (Å²) in [6, 6.07) is 13.6. The average Bonchev–Trinajstić information content (AvgIpc) is 3.40. The predicted octanol–water partition coefficient (Wildman–Crippen LogP) is 4.84. The molecule has 4 aromatic rings. The summed E-state index contributed by atoms with van der Waals surface area (Å²) in [5, 5.41) is 10.0. The highest BCUT2D eigenvalue weighted by Gasteiger charge is 2.12. The molecular weight excluding hydrogens is 414 g/mol. The Morgan fingerprint density at radius 3 is 2.77 bits per heavy atom. The highest BCUT2D eigenvalue weighted by Crippen LogP contribution is 2.31. The summed E-state index contributed by atoms with van der Waals surface area (Å²) < 4.78 is 11.5. The number of benzene rings is 2. The van der Waals surface area contributed by atoms with Crippen LogP contribution >= 0.6 is 11.3 Å². The number of urea groups is 1. The summed E-state index contributed by atoms with van der Waals surface area (Å²) >= 11 is 1.43. The number of amides is 2. The lowest BCUT2D eigenvalue weighted by Crippen LogP contribution is -2.30. The smallest absolute Gasteiger partial charge is 0.321 e. The number of thiazole rings is 1. The van der Waals surface area contributed by atoms with E-state index in [1.807, 2.05) is 50.2 Å². The van der Waals surface area contributed by atoms with Crippen LogP contribution in [0.4, 0.5) is 9.93 Å². The van der Waals surface area contributed by atoms with E-state index in [-0.39, 0.29) is 11.9 Å². The molecule has 2 aromatic heterocycles. The van der Waals surface area contributed by atoms with Crippen LogP contribution in [-0.4, -0.2) is 34.8 Å². The monoisotopic (exact) mass is 437 g/mol. The molecule has 0 aliphatic heterocycles. The molecule has 0 aliphatic carbocycles. The van der Waals surface area contributed by atoms with Crippen molar-refractivity contribution >= 4 is 32.7 Å². The van der Waals surface area contributed by atoms with Gasteiger partial charge in [-0.25, -0.2) is 9.78 Å². The third kappa shape index (κ3) is 5.00. The van der Waals surface area contributed by atoms with Crippen molar-refractivity contribution in [3.63, 3.8) is 0 Å². The number of rotatable bonds is 7. The van der Waals surface area contributed by atoms with Gasteiger partial charge in [0, 0.05) is 18.9 Å². The quantitative estimate of drug-likeness (QED) is 0.429. The molecule has 0 atom stereocenters. The Morgan fingerprint density at radius 2 is 2.00 bits per heavy atom. The number of carbonyl (C=O) groups is 1. The van der Waals surface area contributed by atoms with E-state index in [1.54, 1.807) is 7.11 Å². The number of hydrogen-bond acceptors (Lipinski definition) is 7. The Kier molecular flexibility index (Phi) is 6.13. The molecule has 0 spiro atoms. The number of carbonyl (C=O) groups excluding carboxylic acids is 1. The lowest BCUT2D eigenvalue weighted by atomic mass is 10.1. The highest BCUT2D eigenvalue weighted by atomic mass is 32.1. The molecule has 2 aromatic carbocycles. The molecule has 0 fully saturated rings. The predicted molar refractivity (Wildman–Crippen MR) is 121 cm³/mol. The number of anilines is 1. The van der Waals surface area contributed by atoms with Crippen molar-refractivity contribution in [2.75, 3.05) is 19.0 Å². The fourth-order valence-corrected chi connectivity index (χ4v) is 3.89. The zero-order valence-corrected chi connectivity index (χ0v) is 18.3. The van der Waals surface area contributed by atoms with Crippen LogP contribution in [0.25, 0.3) is 21.3 Å². The molecule has 160 valence electrons. The molecule has 0 radical (unpaired) electrons. The first-order valence-corrected chi connectivity index (χ1v) is 10.8. The van der Waals surface area contributed by atoms with Gasteiger partial charge in [0.25, 0.3) is 0 Å². The molecule has 0 saturated carbocycles. The van der Waals surface area contributed by atoms with Gasteiger partial charge in [0.05, 0.1) is 17.3 Å². The first-order chi connectivity index (χ1) is 15.0. The second-order valence-corrected chi connectivity index (χ2v) is 8.30. The van der Waals surface area contributed by atoms with E-state index in [0.29, 0.717) is 29.8 Å². The second-order valence-electron chi connectivity index (χ2n) is 7.27. The van der Waals surface area contributed by atoms with Crippen molar-refractivity contribution in [3.05, 3.63) is 54.2 Å². The summed E-state index contributed by atoms with van der Waals surface area (Å²) in [4.78, 5) is 21.0. The zero-order chi connectivity index (χ0) is 21.8. The third-order valence-electron chi connectivity index (χ3n) is 4.64. The third-order valence-corrected chi connectivity index (χ3v) is 5.57. The molecule has 2 N–H and O–H groups in total. The Labute approximate surface area is 183 Å². The molecular formula is C22H23N5O3S. The number of ether oxygens (including phenoxy) is 1. The molecule has 0 bridgehead atoms. The average molecular weight is 438 g/mol. The van der Waals surface area contributed by atoms with Crippen molar-refractivity contribution in [1.82, 2.24) is 20.4 Å². The molecule has 0 aliphatic rings. The van der Waals surface area contributed by atoms with Crippen LogP contribution in [0, 0.1) is 0 Å². The van der Waals surface area contributed by atoms with Gasteiger partial charge in [-0.1, -0.05) is 48.5 Å². The highest BCUT2D eigenvalue weighted by molar-refractivity contribution is 7.22. The Hall–Kier alpha value is -3.46. The topological polar surface area (TPSA) is 102 Å². The fourth-order valence-electron chi connectivity index (χ4n) is 2.99. The number of aromatic nitrogens is 3. The lowest BCUT2D eigenvalue weighted by Gasteiger charge is -2.04. The second kappa shape index (κ2) is 9.13. The molecule has 0 saturated heterocycles. The van der Waals surface area contributed by atoms with Gasteiger partial charge >= 0.3 is 6.03 Å². The van der Waals surface area contributed by atoms with Crippen LogP contribution in [0.15, 0.2) is 47.0 Å². The summed E-state index contributed by atoms with van der Waals surface area (Å²) in [7, 11) is 1.65. The van der Waals surface area contributed by atoms with Crippen molar-refractivity contribution in [1.29, 1.82) is 0 Å². The van der Waals surface area contributed by atoms with E-state index in [1.165, 1.54) is 11.3 Å². The number of methoxy groups -OCH3 is 1. The minimum Gasteiger partial charge on any atom is -0.497 e. The van der Waals surface area contributed by atoms with E-state index in [9.17, 15) is 4.79 Å². The van der Waals surface area contributed by atoms with Gasteiger partial charge < -0.3 is 14.6 Å². The van der Waals surface area contributed by atoms with Gasteiger partial charge in [0.15, 0.2) is 11.0 Å². The first kappa shape index (κ1) is 20.8. The van der Waals surface area contributed by atoms with Gasteiger partial charge in [0.2, 0.25) is 5.89 Å². The van der Waals surface area contributed by atoms with Gasteiger partial charge in [-0.05, 0) is 35.4 Å². The molecule has 8 nitrogen and oxygen atoms in total. The molecule has 2 heterocycles. The molecule has 4 rings (SSSR count).